The molecule has 1 aromatic rings. The molecule has 0 bridgehead atoms. The summed E-state index contributed by atoms with van der Waals surface area (Å²) < 4.78 is 10.8. The molecule has 1 unspecified atom stereocenters. The second-order valence-corrected chi connectivity index (χ2v) is 5.11. The third-order valence-electron chi connectivity index (χ3n) is 2.08. The summed E-state index contributed by atoms with van der Waals surface area (Å²) in [5, 5.41) is 2.99. The molecule has 0 saturated carbocycles. The van der Waals surface area contributed by atoms with Gasteiger partial charge in [0.1, 0.15) is 11.5 Å². The SMILES string of the molecule is CS(=O)CCCNc1nc(C(N)=O)ccc1N. The zero-order chi connectivity index (χ0) is 12.8. The molecule has 1 atom stereocenters. The molecule has 0 aromatic carbocycles. The number of nitrogens with two attached hydrogens (primary N) is 2. The molecule has 7 heteroatoms. The van der Waals surface area contributed by atoms with Crippen LogP contribution in [0.4, 0.5) is 11.5 Å². The predicted molar refractivity (Wildman–Crippen MR) is 69.2 cm³/mol. The van der Waals surface area contributed by atoms with Crippen LogP contribution in [0.5, 0.6) is 0 Å². The van der Waals surface area contributed by atoms with E-state index in [2.05, 4.69) is 10.3 Å². The Labute approximate surface area is 102 Å². The van der Waals surface area contributed by atoms with Crippen molar-refractivity contribution in [2.75, 3.05) is 29.6 Å². The highest BCUT2D eigenvalue weighted by atomic mass is 32.2. The number of aromatic nitrogens is 1. The van der Waals surface area contributed by atoms with E-state index in [1.165, 1.54) is 6.07 Å². The molecular formula is C10H16N4O2S. The van der Waals surface area contributed by atoms with Crippen LogP contribution in [0.25, 0.3) is 0 Å². The molecule has 0 aliphatic rings. The van der Waals surface area contributed by atoms with E-state index in [1.54, 1.807) is 12.3 Å². The third-order valence-corrected chi connectivity index (χ3v) is 2.94. The Balaban J connectivity index is 2.60. The van der Waals surface area contributed by atoms with Gasteiger partial charge in [0.25, 0.3) is 5.91 Å². The Morgan fingerprint density at radius 1 is 1.53 bits per heavy atom. The fourth-order valence-electron chi connectivity index (χ4n) is 1.23. The van der Waals surface area contributed by atoms with E-state index >= 15 is 0 Å². The van der Waals surface area contributed by atoms with Gasteiger partial charge in [-0.1, -0.05) is 0 Å². The number of carbonyl (C=O) groups excluding carboxylic acids is 1. The minimum atomic E-state index is -0.806. The molecule has 0 aliphatic heterocycles. The summed E-state index contributed by atoms with van der Waals surface area (Å²) in [6.07, 6.45) is 2.39. The number of nitrogens with zero attached hydrogens (tertiary/aromatic N) is 1. The first-order valence-corrected chi connectivity index (χ1v) is 6.83. The van der Waals surface area contributed by atoms with E-state index in [4.69, 9.17) is 11.5 Å². The second-order valence-electron chi connectivity index (χ2n) is 3.56. The summed E-state index contributed by atoms with van der Waals surface area (Å²) in [5.41, 5.74) is 11.4. The van der Waals surface area contributed by atoms with Gasteiger partial charge in [-0.2, -0.15) is 0 Å². The molecule has 1 rings (SSSR count). The Hall–Kier alpha value is -1.63. The van der Waals surface area contributed by atoms with Crippen LogP contribution in [0, 0.1) is 0 Å². The van der Waals surface area contributed by atoms with Gasteiger partial charge < -0.3 is 16.8 Å². The highest BCUT2D eigenvalue weighted by Crippen LogP contribution is 2.15. The lowest BCUT2D eigenvalue weighted by atomic mass is 10.3. The number of amides is 1. The fraction of sp³-hybridized carbons (Fsp3) is 0.400. The average Bonchev–Trinajstić information content (AvgIpc) is 2.25. The van der Waals surface area contributed by atoms with Gasteiger partial charge in [-0.15, -0.1) is 0 Å². The number of pyridine rings is 1. The minimum Gasteiger partial charge on any atom is -0.396 e. The van der Waals surface area contributed by atoms with Crippen LogP contribution in [0.15, 0.2) is 12.1 Å². The largest absolute Gasteiger partial charge is 0.396 e. The number of anilines is 2. The van der Waals surface area contributed by atoms with E-state index in [1.807, 2.05) is 0 Å². The van der Waals surface area contributed by atoms with Crippen molar-refractivity contribution in [1.82, 2.24) is 4.98 Å². The first-order chi connectivity index (χ1) is 8.00. The van der Waals surface area contributed by atoms with Gasteiger partial charge in [-0.05, 0) is 18.6 Å². The molecule has 1 aromatic heterocycles. The highest BCUT2D eigenvalue weighted by molar-refractivity contribution is 7.84. The maximum Gasteiger partial charge on any atom is 0.267 e. The Kier molecular flexibility index (Phi) is 4.89. The highest BCUT2D eigenvalue weighted by Gasteiger charge is 2.06. The van der Waals surface area contributed by atoms with Gasteiger partial charge in [0, 0.05) is 29.4 Å². The lowest BCUT2D eigenvalue weighted by Crippen LogP contribution is -2.16. The van der Waals surface area contributed by atoms with Crippen LogP contribution in [0.1, 0.15) is 16.9 Å². The summed E-state index contributed by atoms with van der Waals surface area (Å²) in [5.74, 6) is 0.452. The summed E-state index contributed by atoms with van der Waals surface area (Å²) in [6.45, 7) is 0.596. The van der Waals surface area contributed by atoms with Gasteiger partial charge in [-0.3, -0.25) is 9.00 Å². The zero-order valence-corrected chi connectivity index (χ0v) is 10.4. The normalized spacial score (nSPS) is 12.1. The van der Waals surface area contributed by atoms with E-state index in [9.17, 15) is 9.00 Å². The standard InChI is InChI=1S/C10H16N4O2S/c1-17(16)6-2-5-13-10-7(11)3-4-8(14-10)9(12)15/h3-4H,2,5-6,11H2,1H3,(H2,12,15)(H,13,14). The summed E-state index contributed by atoms with van der Waals surface area (Å²) in [6, 6.07) is 3.05. The van der Waals surface area contributed by atoms with Crippen molar-refractivity contribution >= 4 is 28.2 Å². The van der Waals surface area contributed by atoms with E-state index in [0.717, 1.165) is 6.42 Å². The molecule has 0 saturated heterocycles. The topological polar surface area (TPSA) is 111 Å². The van der Waals surface area contributed by atoms with Crippen LogP contribution in [0.3, 0.4) is 0 Å². The lowest BCUT2D eigenvalue weighted by molar-refractivity contribution is 0.0996. The van der Waals surface area contributed by atoms with Crippen molar-refractivity contribution in [3.8, 4) is 0 Å². The third kappa shape index (κ3) is 4.39. The molecule has 1 amide bonds. The molecule has 94 valence electrons. The predicted octanol–water partition coefficient (Wildman–Crippen LogP) is -0.0568. The van der Waals surface area contributed by atoms with Crippen LogP contribution >= 0.6 is 0 Å². The molecule has 1 heterocycles. The van der Waals surface area contributed by atoms with Crippen molar-refractivity contribution < 1.29 is 9.00 Å². The van der Waals surface area contributed by atoms with Crippen molar-refractivity contribution in [1.29, 1.82) is 0 Å². The monoisotopic (exact) mass is 256 g/mol. The molecule has 0 spiro atoms. The first-order valence-electron chi connectivity index (χ1n) is 5.11. The number of primary amides is 1. The van der Waals surface area contributed by atoms with Crippen LogP contribution in [-0.2, 0) is 10.8 Å². The average molecular weight is 256 g/mol. The molecule has 5 N–H and O–H groups in total. The molecular weight excluding hydrogens is 240 g/mol. The quantitative estimate of drug-likeness (QED) is 0.618. The van der Waals surface area contributed by atoms with E-state index in [-0.39, 0.29) is 5.69 Å². The van der Waals surface area contributed by atoms with E-state index in [0.29, 0.717) is 23.8 Å². The van der Waals surface area contributed by atoms with Gasteiger partial charge in [0.15, 0.2) is 0 Å². The second kappa shape index (κ2) is 6.19. The van der Waals surface area contributed by atoms with Gasteiger partial charge in [0.05, 0.1) is 5.69 Å². The molecule has 6 nitrogen and oxygen atoms in total. The number of hydrogen-bond donors (Lipinski definition) is 3. The van der Waals surface area contributed by atoms with Gasteiger partial charge in [0.2, 0.25) is 0 Å². The van der Waals surface area contributed by atoms with Crippen LogP contribution in [0.2, 0.25) is 0 Å². The minimum absolute atomic E-state index is 0.167. The zero-order valence-electron chi connectivity index (χ0n) is 9.60. The number of nitrogens with one attached hydrogen (secondary N) is 1. The summed E-state index contributed by atoms with van der Waals surface area (Å²) >= 11 is 0. The Morgan fingerprint density at radius 2 is 2.24 bits per heavy atom. The lowest BCUT2D eigenvalue weighted by Gasteiger charge is -2.08. The number of hydrogen-bond acceptors (Lipinski definition) is 5. The van der Waals surface area contributed by atoms with Crippen molar-refractivity contribution in [2.45, 2.75) is 6.42 Å². The molecule has 0 fully saturated rings. The molecule has 17 heavy (non-hydrogen) atoms. The van der Waals surface area contributed by atoms with Crippen LogP contribution < -0.4 is 16.8 Å². The van der Waals surface area contributed by atoms with Crippen molar-refractivity contribution in [3.63, 3.8) is 0 Å². The van der Waals surface area contributed by atoms with Crippen molar-refractivity contribution in [2.24, 2.45) is 5.73 Å². The van der Waals surface area contributed by atoms with Crippen molar-refractivity contribution in [3.05, 3.63) is 17.8 Å². The summed E-state index contributed by atoms with van der Waals surface area (Å²) in [7, 11) is -0.806. The number of nitrogen functional groups attached to an aromatic ring is 1. The number of carbonyl (C=O) groups is 1. The Bertz CT molecular complexity index is 436. The van der Waals surface area contributed by atoms with Gasteiger partial charge in [-0.25, -0.2) is 4.98 Å². The maximum absolute atomic E-state index is 10.9. The molecule has 0 aliphatic carbocycles. The maximum atomic E-state index is 10.9. The molecule has 0 radical (unpaired) electrons. The fourth-order valence-corrected chi connectivity index (χ4v) is 1.78. The van der Waals surface area contributed by atoms with E-state index < -0.39 is 16.7 Å². The first kappa shape index (κ1) is 13.4. The van der Waals surface area contributed by atoms with Gasteiger partial charge >= 0.3 is 0 Å². The number of rotatable bonds is 6. The smallest absolute Gasteiger partial charge is 0.267 e. The summed E-state index contributed by atoms with van der Waals surface area (Å²) in [4.78, 5) is 14.9. The van der Waals surface area contributed by atoms with Crippen LogP contribution in [-0.4, -0.2) is 33.7 Å². The Morgan fingerprint density at radius 3 is 2.82 bits per heavy atom.